The van der Waals surface area contributed by atoms with Crippen molar-refractivity contribution in [2.75, 3.05) is 13.2 Å². The Morgan fingerprint density at radius 1 is 0.952 bits per heavy atom. The molecule has 4 nitrogen and oxygen atoms in total. The van der Waals surface area contributed by atoms with E-state index in [1.165, 1.54) is 30.3 Å². The number of unbranched alkanes of at least 4 members (excludes halogenated alkanes) is 1. The van der Waals surface area contributed by atoms with Crippen molar-refractivity contribution >= 4 is 12.0 Å². The van der Waals surface area contributed by atoms with E-state index < -0.39 is 34.9 Å². The van der Waals surface area contributed by atoms with Gasteiger partial charge in [-0.15, -0.1) is 0 Å². The van der Waals surface area contributed by atoms with Crippen molar-refractivity contribution in [1.29, 1.82) is 0 Å². The third kappa shape index (κ3) is 10.2. The Hall–Kier alpha value is -3.95. The average molecular weight is 595 g/mol. The molecule has 0 aliphatic heterocycles. The molecule has 1 N–H and O–H groups in total. The molecule has 0 aromatic heterocycles. The molecule has 0 saturated carbocycles. The summed E-state index contributed by atoms with van der Waals surface area (Å²) >= 11 is 0. The normalized spacial score (nSPS) is 12.5. The first-order chi connectivity index (χ1) is 20.0. The second-order valence-corrected chi connectivity index (χ2v) is 9.76. The van der Waals surface area contributed by atoms with E-state index in [9.17, 15) is 36.2 Å². The number of alkyl halides is 3. The zero-order valence-electron chi connectivity index (χ0n) is 23.0. The lowest BCUT2D eigenvalue weighted by Crippen LogP contribution is -2.06. The van der Waals surface area contributed by atoms with Crippen molar-refractivity contribution in [2.24, 2.45) is 5.92 Å². The smallest absolute Gasteiger partial charge is 0.416 e. The molecule has 0 aliphatic rings. The monoisotopic (exact) mass is 594 g/mol. The second-order valence-electron chi connectivity index (χ2n) is 9.76. The van der Waals surface area contributed by atoms with Gasteiger partial charge in [-0.05, 0) is 85.7 Å². The summed E-state index contributed by atoms with van der Waals surface area (Å²) in [5.41, 5.74) is 0.613. The SMILES string of the molecule is CCOC(=O)CCCCC(C=Cc1cc(F)ccc1OCCc1ccc(C(F)(F)F)cc1)Cc1cc(F)c(O)c(F)c1. The van der Waals surface area contributed by atoms with Crippen LogP contribution in [0.25, 0.3) is 6.08 Å². The average Bonchev–Trinajstić information content (AvgIpc) is 2.93. The topological polar surface area (TPSA) is 55.8 Å². The minimum atomic E-state index is -4.42. The van der Waals surface area contributed by atoms with Crippen molar-refractivity contribution in [3.63, 3.8) is 0 Å². The van der Waals surface area contributed by atoms with Crippen molar-refractivity contribution in [3.05, 3.63) is 100 Å². The van der Waals surface area contributed by atoms with Gasteiger partial charge in [0, 0.05) is 18.4 Å². The van der Waals surface area contributed by atoms with E-state index >= 15 is 0 Å². The van der Waals surface area contributed by atoms with E-state index in [0.717, 1.165) is 24.3 Å². The molecule has 1 unspecified atom stereocenters. The van der Waals surface area contributed by atoms with E-state index in [4.69, 9.17) is 9.47 Å². The number of rotatable bonds is 14. The maximum Gasteiger partial charge on any atom is 0.416 e. The first-order valence-corrected chi connectivity index (χ1v) is 13.6. The summed E-state index contributed by atoms with van der Waals surface area (Å²) in [6.07, 6.45) is 1.43. The van der Waals surface area contributed by atoms with E-state index in [2.05, 4.69) is 0 Å². The van der Waals surface area contributed by atoms with Crippen LogP contribution < -0.4 is 4.74 Å². The van der Waals surface area contributed by atoms with Gasteiger partial charge in [-0.3, -0.25) is 4.79 Å². The number of aromatic hydroxyl groups is 1. The summed E-state index contributed by atoms with van der Waals surface area (Å²) in [6, 6.07) is 10.8. The molecule has 3 aromatic rings. The van der Waals surface area contributed by atoms with Gasteiger partial charge in [0.15, 0.2) is 17.4 Å². The fourth-order valence-electron chi connectivity index (χ4n) is 4.37. The van der Waals surface area contributed by atoms with Crippen molar-refractivity contribution in [2.45, 2.75) is 51.6 Å². The first kappa shape index (κ1) is 32.6. The number of phenolic OH excluding ortho intramolecular Hbond substituents is 1. The molecule has 10 heteroatoms. The van der Waals surface area contributed by atoms with Gasteiger partial charge >= 0.3 is 12.1 Å². The zero-order chi connectivity index (χ0) is 30.7. The number of halogens is 6. The highest BCUT2D eigenvalue weighted by Crippen LogP contribution is 2.30. The van der Waals surface area contributed by atoms with Gasteiger partial charge in [0.1, 0.15) is 11.6 Å². The van der Waals surface area contributed by atoms with Crippen LogP contribution >= 0.6 is 0 Å². The Bertz CT molecular complexity index is 1330. The lowest BCUT2D eigenvalue weighted by molar-refractivity contribution is -0.143. The Labute approximate surface area is 240 Å². The van der Waals surface area contributed by atoms with Crippen LogP contribution in [0.1, 0.15) is 54.9 Å². The third-order valence-electron chi connectivity index (χ3n) is 6.54. The van der Waals surface area contributed by atoms with Crippen molar-refractivity contribution in [3.8, 4) is 11.5 Å². The van der Waals surface area contributed by atoms with Crippen LogP contribution in [0, 0.1) is 23.4 Å². The Kier molecular flexibility index (Phi) is 11.9. The quantitative estimate of drug-likeness (QED) is 0.116. The minimum absolute atomic E-state index is 0.126. The molecule has 3 rings (SSSR count). The molecule has 42 heavy (non-hydrogen) atoms. The first-order valence-electron chi connectivity index (χ1n) is 13.6. The van der Waals surface area contributed by atoms with Gasteiger partial charge in [-0.25, -0.2) is 13.2 Å². The standard InChI is InChI=1S/C32H32F6O4/c1-2-41-30(39)6-4-3-5-22(17-23-18-27(34)31(40)28(35)19-23)7-10-24-20-26(33)13-14-29(24)42-16-15-21-8-11-25(12-9-21)32(36,37)38/h7-14,18-20,22,40H,2-6,15-17H2,1H3. The van der Waals surface area contributed by atoms with Gasteiger partial charge in [0.2, 0.25) is 0 Å². The number of hydrogen-bond acceptors (Lipinski definition) is 4. The molecular formula is C32H32F6O4. The predicted octanol–water partition coefficient (Wildman–Crippen LogP) is 8.45. The van der Waals surface area contributed by atoms with E-state index in [-0.39, 0.29) is 37.9 Å². The summed E-state index contributed by atoms with van der Waals surface area (Å²) in [7, 11) is 0. The van der Waals surface area contributed by atoms with Gasteiger partial charge in [-0.2, -0.15) is 13.2 Å². The van der Waals surface area contributed by atoms with Crippen LogP contribution in [0.15, 0.2) is 60.7 Å². The molecule has 0 heterocycles. The Balaban J connectivity index is 1.71. The van der Waals surface area contributed by atoms with Crippen molar-refractivity contribution in [1.82, 2.24) is 0 Å². The highest BCUT2D eigenvalue weighted by atomic mass is 19.4. The van der Waals surface area contributed by atoms with Gasteiger partial charge < -0.3 is 14.6 Å². The molecule has 0 amide bonds. The van der Waals surface area contributed by atoms with E-state index in [1.54, 1.807) is 19.1 Å². The number of benzene rings is 3. The summed E-state index contributed by atoms with van der Waals surface area (Å²) in [6.45, 7) is 2.12. The Morgan fingerprint density at radius 2 is 1.64 bits per heavy atom. The number of phenols is 1. The maximum atomic E-state index is 14.1. The van der Waals surface area contributed by atoms with Crippen LogP contribution in [0.2, 0.25) is 0 Å². The minimum Gasteiger partial charge on any atom is -0.503 e. The predicted molar refractivity (Wildman–Crippen MR) is 146 cm³/mol. The highest BCUT2D eigenvalue weighted by Gasteiger charge is 2.29. The molecule has 0 spiro atoms. The van der Waals surface area contributed by atoms with E-state index in [0.29, 0.717) is 48.1 Å². The summed E-state index contributed by atoms with van der Waals surface area (Å²) in [5.74, 6) is -3.96. The van der Waals surface area contributed by atoms with Crippen LogP contribution in [0.5, 0.6) is 11.5 Å². The third-order valence-corrected chi connectivity index (χ3v) is 6.54. The number of esters is 1. The molecule has 0 saturated heterocycles. The summed E-state index contributed by atoms with van der Waals surface area (Å²) < 4.78 is 91.2. The lowest BCUT2D eigenvalue weighted by atomic mass is 9.92. The number of hydrogen-bond donors (Lipinski definition) is 1. The highest BCUT2D eigenvalue weighted by molar-refractivity contribution is 5.69. The molecule has 3 aromatic carbocycles. The van der Waals surface area contributed by atoms with Gasteiger partial charge in [-0.1, -0.05) is 30.7 Å². The van der Waals surface area contributed by atoms with Crippen LogP contribution in [0.3, 0.4) is 0 Å². The number of allylic oxidation sites excluding steroid dienone is 1. The fraction of sp³-hybridized carbons (Fsp3) is 0.344. The van der Waals surface area contributed by atoms with Gasteiger partial charge in [0.05, 0.1) is 18.8 Å². The molecule has 0 bridgehead atoms. The summed E-state index contributed by atoms with van der Waals surface area (Å²) in [4.78, 5) is 11.7. The van der Waals surface area contributed by atoms with Crippen LogP contribution in [0.4, 0.5) is 26.3 Å². The van der Waals surface area contributed by atoms with Crippen LogP contribution in [-0.4, -0.2) is 24.3 Å². The molecule has 0 fully saturated rings. The summed E-state index contributed by atoms with van der Waals surface area (Å²) in [5, 5.41) is 9.43. The maximum absolute atomic E-state index is 14.1. The van der Waals surface area contributed by atoms with E-state index in [1.807, 2.05) is 0 Å². The number of carbonyl (C=O) groups is 1. The molecule has 0 aliphatic carbocycles. The number of carbonyl (C=O) groups excluding carboxylic acids is 1. The molecular weight excluding hydrogens is 562 g/mol. The lowest BCUT2D eigenvalue weighted by Gasteiger charge is -2.15. The molecule has 0 radical (unpaired) electrons. The molecule has 1 atom stereocenters. The van der Waals surface area contributed by atoms with Gasteiger partial charge in [0.25, 0.3) is 0 Å². The number of ether oxygens (including phenoxy) is 2. The zero-order valence-corrected chi connectivity index (χ0v) is 23.0. The largest absolute Gasteiger partial charge is 0.503 e. The fourth-order valence-corrected chi connectivity index (χ4v) is 4.37. The second kappa shape index (κ2) is 15.3. The van der Waals surface area contributed by atoms with Crippen LogP contribution in [-0.2, 0) is 28.5 Å². The van der Waals surface area contributed by atoms with Crippen molar-refractivity contribution < 1.29 is 45.7 Å². The molecule has 226 valence electrons. The Morgan fingerprint density at radius 3 is 2.29 bits per heavy atom.